The molecule has 17 heavy (non-hydrogen) atoms. The number of aryl methyl sites for hydroxylation is 1. The number of anilines is 1. The first kappa shape index (κ1) is 11.9. The Kier molecular flexibility index (Phi) is 3.65. The van der Waals surface area contributed by atoms with Crippen molar-refractivity contribution in [1.29, 1.82) is 5.26 Å². The molecule has 1 saturated heterocycles. The van der Waals surface area contributed by atoms with Crippen LogP contribution in [0.2, 0.25) is 0 Å². The van der Waals surface area contributed by atoms with Crippen molar-refractivity contribution >= 4 is 5.69 Å². The normalized spacial score (nSPS) is 16.9. The highest BCUT2D eigenvalue weighted by Crippen LogP contribution is 2.23. The zero-order valence-electron chi connectivity index (χ0n) is 10.6. The fourth-order valence-electron chi connectivity index (χ4n) is 2.33. The fraction of sp³-hybridized carbons (Fsp3) is 0.500. The Morgan fingerprint density at radius 3 is 2.53 bits per heavy atom. The van der Waals surface area contributed by atoms with Crippen LogP contribution in [-0.2, 0) is 0 Å². The van der Waals surface area contributed by atoms with E-state index in [-0.39, 0.29) is 0 Å². The summed E-state index contributed by atoms with van der Waals surface area (Å²) >= 11 is 0. The molecule has 0 saturated carbocycles. The second kappa shape index (κ2) is 5.20. The van der Waals surface area contributed by atoms with Crippen molar-refractivity contribution in [3.05, 3.63) is 29.3 Å². The highest BCUT2D eigenvalue weighted by Gasteiger charge is 2.18. The molecule has 0 amide bonds. The number of benzene rings is 1. The van der Waals surface area contributed by atoms with Crippen LogP contribution in [0.1, 0.15) is 11.1 Å². The van der Waals surface area contributed by atoms with Crippen LogP contribution >= 0.6 is 0 Å². The van der Waals surface area contributed by atoms with Gasteiger partial charge in [-0.2, -0.15) is 5.26 Å². The molecule has 0 aromatic heterocycles. The van der Waals surface area contributed by atoms with Crippen LogP contribution in [0.25, 0.3) is 0 Å². The molecule has 0 spiro atoms. The molecular formula is C14H19N3. The van der Waals surface area contributed by atoms with Gasteiger partial charge in [0.1, 0.15) is 0 Å². The Morgan fingerprint density at radius 1 is 1.18 bits per heavy atom. The van der Waals surface area contributed by atoms with E-state index in [1.54, 1.807) is 0 Å². The molecule has 2 rings (SSSR count). The van der Waals surface area contributed by atoms with Crippen LogP contribution in [0.3, 0.4) is 0 Å². The summed E-state index contributed by atoms with van der Waals surface area (Å²) in [5.74, 6) is 0. The molecule has 3 heteroatoms. The summed E-state index contributed by atoms with van der Waals surface area (Å²) in [6.07, 6.45) is 0. The molecule has 1 aromatic carbocycles. The molecule has 3 nitrogen and oxygen atoms in total. The van der Waals surface area contributed by atoms with Crippen LogP contribution in [0, 0.1) is 25.2 Å². The lowest BCUT2D eigenvalue weighted by Gasteiger charge is -2.36. The van der Waals surface area contributed by atoms with Gasteiger partial charge in [0.25, 0.3) is 0 Å². The lowest BCUT2D eigenvalue weighted by atomic mass is 10.1. The second-order valence-electron chi connectivity index (χ2n) is 4.64. The van der Waals surface area contributed by atoms with E-state index in [9.17, 15) is 0 Å². The molecule has 1 aliphatic heterocycles. The van der Waals surface area contributed by atoms with Gasteiger partial charge in [-0.1, -0.05) is 12.1 Å². The van der Waals surface area contributed by atoms with E-state index < -0.39 is 0 Å². The van der Waals surface area contributed by atoms with Gasteiger partial charge in [0.15, 0.2) is 0 Å². The number of hydrogen-bond donors (Lipinski definition) is 0. The van der Waals surface area contributed by atoms with Gasteiger partial charge in [-0.05, 0) is 31.0 Å². The van der Waals surface area contributed by atoms with Gasteiger partial charge in [-0.25, -0.2) is 0 Å². The van der Waals surface area contributed by atoms with E-state index in [4.69, 9.17) is 5.26 Å². The quantitative estimate of drug-likeness (QED) is 0.726. The molecule has 0 unspecified atom stereocenters. The van der Waals surface area contributed by atoms with Gasteiger partial charge in [-0.15, -0.1) is 0 Å². The van der Waals surface area contributed by atoms with Crippen LogP contribution in [0.4, 0.5) is 5.69 Å². The summed E-state index contributed by atoms with van der Waals surface area (Å²) < 4.78 is 0. The molecule has 1 aromatic rings. The van der Waals surface area contributed by atoms with Crippen molar-refractivity contribution in [3.63, 3.8) is 0 Å². The van der Waals surface area contributed by atoms with Crippen molar-refractivity contribution < 1.29 is 0 Å². The van der Waals surface area contributed by atoms with Crippen LogP contribution < -0.4 is 4.90 Å². The first-order valence-electron chi connectivity index (χ1n) is 6.13. The predicted molar refractivity (Wildman–Crippen MR) is 70.2 cm³/mol. The van der Waals surface area contributed by atoms with E-state index in [0.29, 0.717) is 6.54 Å². The molecule has 90 valence electrons. The van der Waals surface area contributed by atoms with Gasteiger partial charge in [0, 0.05) is 31.9 Å². The molecule has 0 radical (unpaired) electrons. The van der Waals surface area contributed by atoms with Gasteiger partial charge in [-0.3, -0.25) is 4.90 Å². The smallest absolute Gasteiger partial charge is 0.0867 e. The maximum absolute atomic E-state index is 8.68. The number of nitriles is 1. The van der Waals surface area contributed by atoms with E-state index in [0.717, 1.165) is 26.2 Å². The Labute approximate surface area is 103 Å². The number of piperazine rings is 1. The van der Waals surface area contributed by atoms with E-state index in [1.807, 2.05) is 0 Å². The molecule has 0 N–H and O–H groups in total. The topological polar surface area (TPSA) is 30.3 Å². The van der Waals surface area contributed by atoms with Crippen molar-refractivity contribution in [2.45, 2.75) is 13.8 Å². The van der Waals surface area contributed by atoms with Gasteiger partial charge < -0.3 is 4.90 Å². The Morgan fingerprint density at radius 2 is 1.88 bits per heavy atom. The fourth-order valence-corrected chi connectivity index (χ4v) is 2.33. The monoisotopic (exact) mass is 229 g/mol. The maximum Gasteiger partial charge on any atom is 0.0867 e. The van der Waals surface area contributed by atoms with Crippen LogP contribution in [0.5, 0.6) is 0 Å². The van der Waals surface area contributed by atoms with Crippen LogP contribution in [-0.4, -0.2) is 37.6 Å². The third-order valence-electron chi connectivity index (χ3n) is 3.58. The second-order valence-corrected chi connectivity index (χ2v) is 4.64. The molecular weight excluding hydrogens is 210 g/mol. The largest absolute Gasteiger partial charge is 0.369 e. The van der Waals surface area contributed by atoms with Crippen molar-refractivity contribution in [1.82, 2.24) is 4.90 Å². The van der Waals surface area contributed by atoms with E-state index >= 15 is 0 Å². The van der Waals surface area contributed by atoms with Crippen molar-refractivity contribution in [3.8, 4) is 6.07 Å². The van der Waals surface area contributed by atoms with Gasteiger partial charge >= 0.3 is 0 Å². The molecule has 1 fully saturated rings. The van der Waals surface area contributed by atoms with Gasteiger partial charge in [0.05, 0.1) is 12.6 Å². The summed E-state index contributed by atoms with van der Waals surface area (Å²) in [6, 6.07) is 8.70. The third-order valence-corrected chi connectivity index (χ3v) is 3.58. The Hall–Kier alpha value is -1.53. The van der Waals surface area contributed by atoms with Gasteiger partial charge in [0.2, 0.25) is 0 Å². The lowest BCUT2D eigenvalue weighted by Crippen LogP contribution is -2.46. The zero-order valence-corrected chi connectivity index (χ0v) is 10.6. The summed E-state index contributed by atoms with van der Waals surface area (Å²) in [4.78, 5) is 4.64. The average molecular weight is 229 g/mol. The predicted octanol–water partition coefficient (Wildman–Crippen LogP) is 1.95. The standard InChI is InChI=1S/C14H19N3/c1-12-4-3-5-14(13(12)2)17-10-8-16(7-6-15)9-11-17/h3-5H,7-11H2,1-2H3. The molecule has 0 atom stereocenters. The minimum atomic E-state index is 0.556. The summed E-state index contributed by atoms with van der Waals surface area (Å²) in [5, 5.41) is 8.68. The Balaban J connectivity index is 2.06. The number of rotatable bonds is 2. The SMILES string of the molecule is Cc1cccc(N2CCN(CC#N)CC2)c1C. The first-order chi connectivity index (χ1) is 8.22. The third kappa shape index (κ3) is 2.59. The van der Waals surface area contributed by atoms with Crippen LogP contribution in [0.15, 0.2) is 18.2 Å². The zero-order chi connectivity index (χ0) is 12.3. The number of nitrogens with zero attached hydrogens (tertiary/aromatic N) is 3. The summed E-state index contributed by atoms with van der Waals surface area (Å²) in [5.41, 5.74) is 4.07. The summed E-state index contributed by atoms with van der Waals surface area (Å²) in [6.45, 7) is 8.91. The average Bonchev–Trinajstić information content (AvgIpc) is 2.34. The molecule has 1 heterocycles. The van der Waals surface area contributed by atoms with E-state index in [2.05, 4.69) is 47.9 Å². The minimum absolute atomic E-state index is 0.556. The molecule has 1 aliphatic rings. The van der Waals surface area contributed by atoms with E-state index in [1.165, 1.54) is 16.8 Å². The Bertz CT molecular complexity index is 426. The number of hydrogen-bond acceptors (Lipinski definition) is 3. The van der Waals surface area contributed by atoms with Crippen molar-refractivity contribution in [2.24, 2.45) is 0 Å². The molecule has 0 aliphatic carbocycles. The highest BCUT2D eigenvalue weighted by atomic mass is 15.3. The van der Waals surface area contributed by atoms with Crippen molar-refractivity contribution in [2.75, 3.05) is 37.6 Å². The first-order valence-corrected chi connectivity index (χ1v) is 6.13. The molecule has 0 bridgehead atoms. The summed E-state index contributed by atoms with van der Waals surface area (Å²) in [7, 11) is 0. The maximum atomic E-state index is 8.68. The lowest BCUT2D eigenvalue weighted by molar-refractivity contribution is 0.287. The minimum Gasteiger partial charge on any atom is -0.369 e. The highest BCUT2D eigenvalue weighted by molar-refractivity contribution is 5.56.